The lowest BCUT2D eigenvalue weighted by Gasteiger charge is -2.17. The maximum Gasteiger partial charge on any atom is 0.0927 e. The molecule has 0 saturated heterocycles. The van der Waals surface area contributed by atoms with Crippen LogP contribution in [-0.2, 0) is 12.8 Å². The monoisotopic (exact) mass is 322 g/mol. The number of aromatic nitrogens is 1. The van der Waals surface area contributed by atoms with Crippen LogP contribution in [-0.4, -0.2) is 11.5 Å². The molecule has 0 saturated carbocycles. The summed E-state index contributed by atoms with van der Waals surface area (Å²) < 4.78 is 0. The van der Waals surface area contributed by atoms with Gasteiger partial charge in [-0.25, -0.2) is 0 Å². The van der Waals surface area contributed by atoms with Crippen molar-refractivity contribution in [3.05, 3.63) is 33.4 Å². The number of rotatable bonds is 3. The zero-order valence-corrected chi connectivity index (χ0v) is 13.8. The van der Waals surface area contributed by atoms with Crippen LogP contribution in [0.3, 0.4) is 0 Å². The second-order valence-corrected chi connectivity index (χ2v) is 6.44. The first-order chi connectivity index (χ1) is 10.2. The van der Waals surface area contributed by atoms with Crippen LogP contribution in [0.25, 0.3) is 10.9 Å². The van der Waals surface area contributed by atoms with Gasteiger partial charge < -0.3 is 5.32 Å². The Balaban J connectivity index is 2.26. The van der Waals surface area contributed by atoms with Gasteiger partial charge in [-0.2, -0.15) is 0 Å². The SMILES string of the molecule is CCCNc1c2c(nc3c(Cl)c(Cl)ccc13)CCCCC2. The molecule has 0 fully saturated rings. The van der Waals surface area contributed by atoms with E-state index in [1.165, 1.54) is 36.2 Å². The van der Waals surface area contributed by atoms with Gasteiger partial charge in [-0.15, -0.1) is 0 Å². The van der Waals surface area contributed by atoms with E-state index in [0.717, 1.165) is 36.7 Å². The Hall–Kier alpha value is -0.990. The summed E-state index contributed by atoms with van der Waals surface area (Å²) in [4.78, 5) is 4.85. The molecular formula is C17H20Cl2N2. The van der Waals surface area contributed by atoms with E-state index < -0.39 is 0 Å². The average Bonchev–Trinajstić information content (AvgIpc) is 2.73. The zero-order valence-electron chi connectivity index (χ0n) is 12.3. The van der Waals surface area contributed by atoms with E-state index in [4.69, 9.17) is 28.2 Å². The van der Waals surface area contributed by atoms with Crippen LogP contribution in [0.4, 0.5) is 5.69 Å². The first kappa shape index (κ1) is 14.9. The molecule has 1 aromatic heterocycles. The van der Waals surface area contributed by atoms with Crippen molar-refractivity contribution in [2.75, 3.05) is 11.9 Å². The summed E-state index contributed by atoms with van der Waals surface area (Å²) in [5.41, 5.74) is 4.63. The van der Waals surface area contributed by atoms with E-state index in [0.29, 0.717) is 10.0 Å². The fraction of sp³-hybridized carbons (Fsp3) is 0.471. The predicted octanol–water partition coefficient (Wildman–Crippen LogP) is 5.63. The minimum Gasteiger partial charge on any atom is -0.384 e. The largest absolute Gasteiger partial charge is 0.384 e. The van der Waals surface area contributed by atoms with Gasteiger partial charge in [-0.1, -0.05) is 36.5 Å². The van der Waals surface area contributed by atoms with Crippen LogP contribution in [0.15, 0.2) is 12.1 Å². The molecule has 21 heavy (non-hydrogen) atoms. The molecule has 2 aromatic rings. The zero-order chi connectivity index (χ0) is 14.8. The maximum atomic E-state index is 6.39. The highest BCUT2D eigenvalue weighted by molar-refractivity contribution is 6.45. The Kier molecular flexibility index (Phi) is 4.56. The third-order valence-corrected chi connectivity index (χ3v) is 4.92. The van der Waals surface area contributed by atoms with Crippen molar-refractivity contribution < 1.29 is 0 Å². The number of nitrogens with one attached hydrogen (secondary N) is 1. The number of anilines is 1. The third-order valence-electron chi connectivity index (χ3n) is 4.13. The fourth-order valence-corrected chi connectivity index (χ4v) is 3.42. The summed E-state index contributed by atoms with van der Waals surface area (Å²) in [7, 11) is 0. The molecule has 0 unspecified atom stereocenters. The second kappa shape index (κ2) is 6.41. The lowest BCUT2D eigenvalue weighted by molar-refractivity contribution is 0.709. The van der Waals surface area contributed by atoms with E-state index in [2.05, 4.69) is 12.2 Å². The van der Waals surface area contributed by atoms with Crippen molar-refractivity contribution >= 4 is 39.8 Å². The summed E-state index contributed by atoms with van der Waals surface area (Å²) in [5.74, 6) is 0. The molecule has 2 nitrogen and oxygen atoms in total. The summed E-state index contributed by atoms with van der Waals surface area (Å²) in [6.07, 6.45) is 6.95. The van der Waals surface area contributed by atoms with Crippen LogP contribution in [0.1, 0.15) is 43.9 Å². The summed E-state index contributed by atoms with van der Waals surface area (Å²) in [5, 5.41) is 5.84. The van der Waals surface area contributed by atoms with Gasteiger partial charge in [0.25, 0.3) is 0 Å². The van der Waals surface area contributed by atoms with E-state index in [1.807, 2.05) is 12.1 Å². The van der Waals surface area contributed by atoms with Gasteiger partial charge in [0.2, 0.25) is 0 Å². The molecule has 4 heteroatoms. The van der Waals surface area contributed by atoms with E-state index in [9.17, 15) is 0 Å². The Labute approximate surface area is 135 Å². The molecule has 0 atom stereocenters. The lowest BCUT2D eigenvalue weighted by Crippen LogP contribution is -2.08. The number of aryl methyl sites for hydroxylation is 1. The average molecular weight is 323 g/mol. The topological polar surface area (TPSA) is 24.9 Å². The Bertz CT molecular complexity index is 668. The summed E-state index contributed by atoms with van der Waals surface area (Å²) >= 11 is 12.6. The summed E-state index contributed by atoms with van der Waals surface area (Å²) in [6, 6.07) is 3.91. The van der Waals surface area contributed by atoms with Crippen LogP contribution in [0, 0.1) is 0 Å². The number of pyridine rings is 1. The number of hydrogen-bond donors (Lipinski definition) is 1. The molecule has 1 aliphatic carbocycles. The molecule has 112 valence electrons. The van der Waals surface area contributed by atoms with Crippen LogP contribution >= 0.6 is 23.2 Å². The lowest BCUT2D eigenvalue weighted by atomic mass is 10.0. The molecule has 0 bridgehead atoms. The second-order valence-electron chi connectivity index (χ2n) is 5.66. The minimum atomic E-state index is 0.570. The normalized spacial score (nSPS) is 14.8. The highest BCUT2D eigenvalue weighted by Crippen LogP contribution is 2.38. The van der Waals surface area contributed by atoms with Gasteiger partial charge in [-0.05, 0) is 49.8 Å². The van der Waals surface area contributed by atoms with Gasteiger partial charge in [0.15, 0.2) is 0 Å². The van der Waals surface area contributed by atoms with Crippen molar-refractivity contribution in [3.8, 4) is 0 Å². The van der Waals surface area contributed by atoms with Crippen LogP contribution < -0.4 is 5.32 Å². The number of fused-ring (bicyclic) bond motifs is 2. The maximum absolute atomic E-state index is 6.39. The van der Waals surface area contributed by atoms with Crippen molar-refractivity contribution in [1.82, 2.24) is 4.98 Å². The van der Waals surface area contributed by atoms with E-state index in [-0.39, 0.29) is 0 Å². The molecule has 1 aromatic carbocycles. The quantitative estimate of drug-likeness (QED) is 0.740. The Morgan fingerprint density at radius 2 is 1.95 bits per heavy atom. The highest BCUT2D eigenvalue weighted by Gasteiger charge is 2.19. The molecule has 3 rings (SSSR count). The predicted molar refractivity (Wildman–Crippen MR) is 91.8 cm³/mol. The van der Waals surface area contributed by atoms with Crippen molar-refractivity contribution in [2.24, 2.45) is 0 Å². The number of hydrogen-bond acceptors (Lipinski definition) is 2. The molecule has 0 spiro atoms. The third kappa shape index (κ3) is 2.84. The summed E-state index contributed by atoms with van der Waals surface area (Å²) in [6.45, 7) is 3.14. The van der Waals surface area contributed by atoms with Gasteiger partial charge in [-0.3, -0.25) is 4.98 Å². The minimum absolute atomic E-state index is 0.570. The number of halogens is 2. The molecule has 0 amide bonds. The van der Waals surface area contributed by atoms with Crippen LogP contribution in [0.2, 0.25) is 10.0 Å². The number of nitrogens with zero attached hydrogens (tertiary/aromatic N) is 1. The van der Waals surface area contributed by atoms with Crippen molar-refractivity contribution in [3.63, 3.8) is 0 Å². The smallest absolute Gasteiger partial charge is 0.0927 e. The standard InChI is InChI=1S/C17H20Cl2N2/c1-2-10-20-16-11-6-4-3-5-7-14(11)21-17-12(16)8-9-13(18)15(17)19/h8-9H,2-7,10H2,1H3,(H,20,21). The highest BCUT2D eigenvalue weighted by atomic mass is 35.5. The van der Waals surface area contributed by atoms with E-state index >= 15 is 0 Å². The molecule has 1 N–H and O–H groups in total. The molecular weight excluding hydrogens is 303 g/mol. The Morgan fingerprint density at radius 1 is 1.14 bits per heavy atom. The van der Waals surface area contributed by atoms with Gasteiger partial charge >= 0.3 is 0 Å². The van der Waals surface area contributed by atoms with Gasteiger partial charge in [0.05, 0.1) is 15.6 Å². The first-order valence-electron chi connectivity index (χ1n) is 7.75. The molecule has 0 aliphatic heterocycles. The fourth-order valence-electron chi connectivity index (χ4n) is 3.06. The Morgan fingerprint density at radius 3 is 2.76 bits per heavy atom. The van der Waals surface area contributed by atoms with Crippen molar-refractivity contribution in [2.45, 2.75) is 45.4 Å². The molecule has 1 heterocycles. The van der Waals surface area contributed by atoms with Crippen LogP contribution in [0.5, 0.6) is 0 Å². The van der Waals surface area contributed by atoms with Crippen molar-refractivity contribution in [1.29, 1.82) is 0 Å². The number of benzene rings is 1. The van der Waals surface area contributed by atoms with Gasteiger partial charge in [0, 0.05) is 23.3 Å². The van der Waals surface area contributed by atoms with E-state index in [1.54, 1.807) is 0 Å². The van der Waals surface area contributed by atoms with Gasteiger partial charge in [0.1, 0.15) is 0 Å². The molecule has 0 radical (unpaired) electrons. The first-order valence-corrected chi connectivity index (χ1v) is 8.51. The molecule has 1 aliphatic rings.